The zero-order valence-corrected chi connectivity index (χ0v) is 12.7. The highest BCUT2D eigenvalue weighted by atomic mass is 32.2. The lowest BCUT2D eigenvalue weighted by atomic mass is 10.2. The Bertz CT molecular complexity index is 747. The summed E-state index contributed by atoms with van der Waals surface area (Å²) < 4.78 is 12.1. The smallest absolute Gasteiger partial charge is 0.138 e. The maximum atomic E-state index is 12.1. The van der Waals surface area contributed by atoms with Gasteiger partial charge in [0.1, 0.15) is 11.3 Å². The number of imidazole rings is 1. The average molecular weight is 300 g/mol. The van der Waals surface area contributed by atoms with Crippen LogP contribution >= 0.6 is 0 Å². The molecule has 2 heterocycles. The van der Waals surface area contributed by atoms with Crippen molar-refractivity contribution < 1.29 is 4.21 Å². The van der Waals surface area contributed by atoms with E-state index in [4.69, 9.17) is 0 Å². The molecule has 3 rings (SSSR count). The molecular formula is C15H16N4OS. The van der Waals surface area contributed by atoms with Gasteiger partial charge in [0.25, 0.3) is 0 Å². The van der Waals surface area contributed by atoms with Crippen LogP contribution in [0.5, 0.6) is 0 Å². The summed E-state index contributed by atoms with van der Waals surface area (Å²) in [5, 5.41) is 7.64. The van der Waals surface area contributed by atoms with Crippen molar-refractivity contribution in [3.63, 3.8) is 0 Å². The molecule has 1 atom stereocenters. The highest BCUT2D eigenvalue weighted by molar-refractivity contribution is 7.85. The van der Waals surface area contributed by atoms with E-state index in [2.05, 4.69) is 34.0 Å². The first-order valence-corrected chi connectivity index (χ1v) is 8.10. The third-order valence-corrected chi connectivity index (χ3v) is 4.84. The fraction of sp³-hybridized carbons (Fsp3) is 0.267. The highest BCUT2D eigenvalue weighted by Crippen LogP contribution is 2.21. The fourth-order valence-electron chi connectivity index (χ4n) is 2.08. The lowest BCUT2D eigenvalue weighted by molar-refractivity contribution is 0.665. The molecule has 0 aliphatic carbocycles. The first-order chi connectivity index (χ1) is 10.1. The molecular weight excluding hydrogens is 284 g/mol. The Morgan fingerprint density at radius 1 is 1.14 bits per heavy atom. The SMILES string of the molecule is CC(C)CS(=O)c1ccc(-c2nc3cnncc3[nH]2)cc1. The first kappa shape index (κ1) is 13.9. The second-order valence-corrected chi connectivity index (χ2v) is 6.80. The molecule has 0 radical (unpaired) electrons. The van der Waals surface area contributed by atoms with Crippen molar-refractivity contribution in [1.29, 1.82) is 0 Å². The molecule has 5 nitrogen and oxygen atoms in total. The van der Waals surface area contributed by atoms with E-state index in [9.17, 15) is 4.21 Å². The van der Waals surface area contributed by atoms with Gasteiger partial charge < -0.3 is 4.98 Å². The fourth-order valence-corrected chi connectivity index (χ4v) is 3.31. The molecule has 1 unspecified atom stereocenters. The monoisotopic (exact) mass is 300 g/mol. The van der Waals surface area contributed by atoms with Crippen molar-refractivity contribution in [3.8, 4) is 11.4 Å². The van der Waals surface area contributed by atoms with E-state index in [0.29, 0.717) is 11.7 Å². The van der Waals surface area contributed by atoms with Crippen LogP contribution in [-0.2, 0) is 10.8 Å². The average Bonchev–Trinajstić information content (AvgIpc) is 2.90. The molecule has 0 amide bonds. The van der Waals surface area contributed by atoms with Gasteiger partial charge in [-0.1, -0.05) is 26.0 Å². The van der Waals surface area contributed by atoms with Gasteiger partial charge in [0.05, 0.1) is 28.7 Å². The van der Waals surface area contributed by atoms with Gasteiger partial charge in [-0.05, 0) is 18.1 Å². The van der Waals surface area contributed by atoms with E-state index in [1.165, 1.54) is 0 Å². The molecule has 21 heavy (non-hydrogen) atoms. The van der Waals surface area contributed by atoms with Crippen LogP contribution in [-0.4, -0.2) is 30.1 Å². The summed E-state index contributed by atoms with van der Waals surface area (Å²) in [7, 11) is -0.944. The Hall–Kier alpha value is -2.08. The van der Waals surface area contributed by atoms with Crippen molar-refractivity contribution >= 4 is 21.8 Å². The number of fused-ring (bicyclic) bond motifs is 1. The largest absolute Gasteiger partial charge is 0.337 e. The third kappa shape index (κ3) is 3.00. The highest BCUT2D eigenvalue weighted by Gasteiger charge is 2.09. The summed E-state index contributed by atoms with van der Waals surface area (Å²) in [5.74, 6) is 1.86. The Kier molecular flexibility index (Phi) is 3.79. The van der Waals surface area contributed by atoms with Crippen molar-refractivity contribution in [3.05, 3.63) is 36.7 Å². The van der Waals surface area contributed by atoms with E-state index in [1.807, 2.05) is 24.3 Å². The van der Waals surface area contributed by atoms with Crippen LogP contribution < -0.4 is 0 Å². The van der Waals surface area contributed by atoms with E-state index in [-0.39, 0.29) is 0 Å². The summed E-state index contributed by atoms with van der Waals surface area (Å²) in [6.45, 7) is 4.14. The molecule has 3 aromatic rings. The second kappa shape index (κ2) is 5.73. The van der Waals surface area contributed by atoms with Gasteiger partial charge in [-0.2, -0.15) is 10.2 Å². The Morgan fingerprint density at radius 3 is 2.52 bits per heavy atom. The molecule has 0 aliphatic heterocycles. The predicted molar refractivity (Wildman–Crippen MR) is 83.2 cm³/mol. The Balaban J connectivity index is 1.88. The summed E-state index contributed by atoms with van der Waals surface area (Å²) in [6, 6.07) is 7.67. The zero-order chi connectivity index (χ0) is 14.8. The number of hydrogen-bond donors (Lipinski definition) is 1. The predicted octanol–water partition coefficient (Wildman–Crippen LogP) is 2.78. The van der Waals surface area contributed by atoms with Crippen LogP contribution in [0.2, 0.25) is 0 Å². The number of hydrogen-bond acceptors (Lipinski definition) is 4. The van der Waals surface area contributed by atoms with Crippen molar-refractivity contribution in [2.24, 2.45) is 5.92 Å². The molecule has 1 N–H and O–H groups in total. The molecule has 0 fully saturated rings. The van der Waals surface area contributed by atoms with E-state index >= 15 is 0 Å². The number of rotatable bonds is 4. The van der Waals surface area contributed by atoms with Crippen LogP contribution in [0.15, 0.2) is 41.6 Å². The van der Waals surface area contributed by atoms with Crippen molar-refractivity contribution in [1.82, 2.24) is 20.2 Å². The number of nitrogens with zero attached hydrogens (tertiary/aromatic N) is 3. The third-order valence-electron chi connectivity index (χ3n) is 3.07. The van der Waals surface area contributed by atoms with Crippen LogP contribution in [0.25, 0.3) is 22.4 Å². The van der Waals surface area contributed by atoms with Gasteiger partial charge in [-0.25, -0.2) is 4.98 Å². The number of H-pyrrole nitrogens is 1. The number of benzene rings is 1. The minimum Gasteiger partial charge on any atom is -0.337 e. The molecule has 0 saturated carbocycles. The second-order valence-electron chi connectivity index (χ2n) is 5.30. The van der Waals surface area contributed by atoms with E-state index < -0.39 is 10.8 Å². The van der Waals surface area contributed by atoms with Crippen LogP contribution in [0, 0.1) is 5.92 Å². The normalized spacial score (nSPS) is 12.9. The van der Waals surface area contributed by atoms with Gasteiger partial charge in [0.2, 0.25) is 0 Å². The molecule has 1 aromatic carbocycles. The van der Waals surface area contributed by atoms with Crippen molar-refractivity contribution in [2.75, 3.05) is 5.75 Å². The quantitative estimate of drug-likeness (QED) is 0.804. The molecule has 108 valence electrons. The summed E-state index contributed by atoms with van der Waals surface area (Å²) in [4.78, 5) is 8.53. The number of nitrogens with one attached hydrogen (secondary N) is 1. The first-order valence-electron chi connectivity index (χ1n) is 6.78. The molecule has 2 aromatic heterocycles. The molecule has 6 heteroatoms. The lowest BCUT2D eigenvalue weighted by Gasteiger charge is -2.05. The molecule has 0 saturated heterocycles. The summed E-state index contributed by atoms with van der Waals surface area (Å²) >= 11 is 0. The molecule has 0 bridgehead atoms. The van der Waals surface area contributed by atoms with Crippen LogP contribution in [0.1, 0.15) is 13.8 Å². The van der Waals surface area contributed by atoms with Gasteiger partial charge in [0, 0.05) is 16.2 Å². The minimum atomic E-state index is -0.944. The lowest BCUT2D eigenvalue weighted by Crippen LogP contribution is -2.04. The maximum absolute atomic E-state index is 12.1. The maximum Gasteiger partial charge on any atom is 0.138 e. The zero-order valence-electron chi connectivity index (χ0n) is 11.9. The topological polar surface area (TPSA) is 71.5 Å². The molecule has 0 spiro atoms. The van der Waals surface area contributed by atoms with E-state index in [1.54, 1.807) is 12.4 Å². The van der Waals surface area contributed by atoms with E-state index in [0.717, 1.165) is 27.3 Å². The standard InChI is InChI=1S/C15H16N4OS/c1-10(2)9-21(20)12-5-3-11(4-6-12)15-18-13-7-16-17-8-14(13)19-15/h3-8,10H,9H2,1-2H3,(H,18,19). The van der Waals surface area contributed by atoms with Gasteiger partial charge >= 0.3 is 0 Å². The summed E-state index contributed by atoms with van der Waals surface area (Å²) in [5.41, 5.74) is 2.59. The Labute approximate surface area is 125 Å². The minimum absolute atomic E-state index is 0.417. The Morgan fingerprint density at radius 2 is 1.86 bits per heavy atom. The van der Waals surface area contributed by atoms with Crippen molar-refractivity contribution in [2.45, 2.75) is 18.7 Å². The molecule has 0 aliphatic rings. The number of aromatic nitrogens is 4. The van der Waals surface area contributed by atoms with Gasteiger partial charge in [0.15, 0.2) is 0 Å². The number of aromatic amines is 1. The summed E-state index contributed by atoms with van der Waals surface area (Å²) in [6.07, 6.45) is 3.28. The van der Waals surface area contributed by atoms with Crippen LogP contribution in [0.3, 0.4) is 0 Å². The van der Waals surface area contributed by atoms with Gasteiger partial charge in [-0.3, -0.25) is 4.21 Å². The van der Waals surface area contributed by atoms with Crippen LogP contribution in [0.4, 0.5) is 0 Å². The van der Waals surface area contributed by atoms with Gasteiger partial charge in [-0.15, -0.1) is 0 Å².